The van der Waals surface area contributed by atoms with E-state index in [0.29, 0.717) is 37.6 Å². The van der Waals surface area contributed by atoms with Crippen LogP contribution in [0.1, 0.15) is 5.69 Å². The number of morpholine rings is 1. The Morgan fingerprint density at radius 1 is 1.19 bits per heavy atom. The number of nitrogens with one attached hydrogen (secondary N) is 2. The maximum Gasteiger partial charge on any atom is 0.232 e. The Bertz CT molecular complexity index is 569. The van der Waals surface area contributed by atoms with Crippen molar-refractivity contribution in [3.8, 4) is 0 Å². The number of anilines is 3. The maximum absolute atomic E-state index is 5.34. The summed E-state index contributed by atoms with van der Waals surface area (Å²) in [7, 11) is 1.78. The van der Waals surface area contributed by atoms with Crippen LogP contribution >= 0.6 is 0 Å². The molecule has 0 unspecified atom stereocenters. The van der Waals surface area contributed by atoms with Crippen molar-refractivity contribution in [2.45, 2.75) is 6.54 Å². The van der Waals surface area contributed by atoms with Crippen LogP contribution in [0.25, 0.3) is 0 Å². The molecule has 2 N–H and O–H groups in total. The molecule has 0 spiro atoms. The van der Waals surface area contributed by atoms with Crippen molar-refractivity contribution in [2.24, 2.45) is 0 Å². The highest BCUT2D eigenvalue weighted by atomic mass is 16.5. The lowest BCUT2D eigenvalue weighted by molar-refractivity contribution is 0.122. The molecule has 1 aliphatic rings. The molecule has 0 bridgehead atoms. The van der Waals surface area contributed by atoms with Crippen LogP contribution in [0.5, 0.6) is 0 Å². The molecule has 9 nitrogen and oxygen atoms in total. The molecule has 0 radical (unpaired) electrons. The molecule has 1 saturated heterocycles. The molecule has 21 heavy (non-hydrogen) atoms. The number of hydrogen-bond acceptors (Lipinski definition) is 9. The zero-order valence-corrected chi connectivity index (χ0v) is 11.7. The molecule has 0 saturated carbocycles. The van der Waals surface area contributed by atoms with Gasteiger partial charge in [0.2, 0.25) is 17.8 Å². The number of aromatic nitrogens is 4. The summed E-state index contributed by atoms with van der Waals surface area (Å²) in [5.41, 5.74) is 0.786. The van der Waals surface area contributed by atoms with Crippen LogP contribution in [-0.4, -0.2) is 53.5 Å². The minimum absolute atomic E-state index is 0.492. The second-order valence-electron chi connectivity index (χ2n) is 4.48. The summed E-state index contributed by atoms with van der Waals surface area (Å²) in [5.74, 6) is 1.66. The van der Waals surface area contributed by atoms with Crippen molar-refractivity contribution < 1.29 is 9.26 Å². The molecule has 0 amide bonds. The van der Waals surface area contributed by atoms with Crippen molar-refractivity contribution in [2.75, 3.05) is 48.9 Å². The normalized spacial score (nSPS) is 15.0. The van der Waals surface area contributed by atoms with Crippen LogP contribution < -0.4 is 15.5 Å². The highest BCUT2D eigenvalue weighted by Gasteiger charge is 2.16. The first-order valence-corrected chi connectivity index (χ1v) is 6.75. The fourth-order valence-corrected chi connectivity index (χ4v) is 1.96. The summed E-state index contributed by atoms with van der Waals surface area (Å²) < 4.78 is 10.1. The number of ether oxygens (including phenoxy) is 1. The maximum atomic E-state index is 5.34. The molecule has 112 valence electrons. The molecule has 0 aromatic carbocycles. The molecule has 9 heteroatoms. The topological polar surface area (TPSA) is 101 Å². The van der Waals surface area contributed by atoms with Gasteiger partial charge >= 0.3 is 0 Å². The van der Waals surface area contributed by atoms with E-state index >= 15 is 0 Å². The predicted octanol–water partition coefficient (Wildman–Crippen LogP) is 0.350. The smallest absolute Gasteiger partial charge is 0.232 e. The third-order valence-electron chi connectivity index (χ3n) is 3.06. The standard InChI is InChI=1S/C12H17N7O2/c1-13-10-15-11(14-8-9-2-5-21-18-9)17-12(16-10)19-3-6-20-7-4-19/h2,5H,3-4,6-8H2,1H3,(H2,13,14,15,16,17). The Balaban J connectivity index is 1.75. The van der Waals surface area contributed by atoms with Crippen molar-refractivity contribution in [1.29, 1.82) is 0 Å². The van der Waals surface area contributed by atoms with Gasteiger partial charge in [-0.15, -0.1) is 0 Å². The van der Waals surface area contributed by atoms with E-state index in [-0.39, 0.29) is 0 Å². The van der Waals surface area contributed by atoms with Gasteiger partial charge in [-0.2, -0.15) is 15.0 Å². The summed E-state index contributed by atoms with van der Waals surface area (Å²) in [6, 6.07) is 1.79. The van der Waals surface area contributed by atoms with Crippen molar-refractivity contribution in [3.63, 3.8) is 0 Å². The molecule has 0 aliphatic carbocycles. The van der Waals surface area contributed by atoms with Gasteiger partial charge in [-0.05, 0) is 0 Å². The monoisotopic (exact) mass is 291 g/mol. The third kappa shape index (κ3) is 3.37. The van der Waals surface area contributed by atoms with E-state index < -0.39 is 0 Å². The Labute approximate surface area is 121 Å². The molecular weight excluding hydrogens is 274 g/mol. The summed E-state index contributed by atoms with van der Waals surface area (Å²) in [5, 5.41) is 9.90. The highest BCUT2D eigenvalue weighted by molar-refractivity contribution is 5.43. The summed E-state index contributed by atoms with van der Waals surface area (Å²) in [4.78, 5) is 15.2. The van der Waals surface area contributed by atoms with E-state index in [1.54, 1.807) is 13.1 Å². The lowest BCUT2D eigenvalue weighted by Crippen LogP contribution is -2.37. The van der Waals surface area contributed by atoms with Crippen LogP contribution in [0.2, 0.25) is 0 Å². The fraction of sp³-hybridized carbons (Fsp3) is 0.500. The van der Waals surface area contributed by atoms with Gasteiger partial charge < -0.3 is 24.8 Å². The van der Waals surface area contributed by atoms with Gasteiger partial charge in [-0.25, -0.2) is 0 Å². The quantitative estimate of drug-likeness (QED) is 0.807. The van der Waals surface area contributed by atoms with Crippen LogP contribution in [-0.2, 0) is 11.3 Å². The second-order valence-corrected chi connectivity index (χ2v) is 4.48. The Hall–Kier alpha value is -2.42. The zero-order valence-electron chi connectivity index (χ0n) is 11.7. The van der Waals surface area contributed by atoms with Crippen LogP contribution in [0.4, 0.5) is 17.8 Å². The summed E-state index contributed by atoms with van der Waals surface area (Å²) in [6.45, 7) is 3.41. The first-order valence-electron chi connectivity index (χ1n) is 6.75. The first-order chi connectivity index (χ1) is 10.3. The van der Waals surface area contributed by atoms with Gasteiger partial charge in [-0.3, -0.25) is 0 Å². The number of hydrogen-bond donors (Lipinski definition) is 2. The van der Waals surface area contributed by atoms with E-state index in [9.17, 15) is 0 Å². The van der Waals surface area contributed by atoms with Gasteiger partial charge in [0.05, 0.1) is 19.8 Å². The van der Waals surface area contributed by atoms with E-state index in [2.05, 4.69) is 35.6 Å². The number of rotatable bonds is 5. The Morgan fingerprint density at radius 2 is 2.00 bits per heavy atom. The Kier molecular flexibility index (Phi) is 4.10. The lowest BCUT2D eigenvalue weighted by atomic mass is 10.4. The third-order valence-corrected chi connectivity index (χ3v) is 3.06. The van der Waals surface area contributed by atoms with Gasteiger partial charge in [0.25, 0.3) is 0 Å². The van der Waals surface area contributed by atoms with Crippen LogP contribution in [0, 0.1) is 0 Å². The van der Waals surface area contributed by atoms with Gasteiger partial charge in [0.1, 0.15) is 12.0 Å². The minimum Gasteiger partial charge on any atom is -0.378 e. The molecule has 3 heterocycles. The molecular formula is C12H17N7O2. The van der Waals surface area contributed by atoms with Crippen molar-refractivity contribution in [1.82, 2.24) is 20.1 Å². The van der Waals surface area contributed by atoms with Crippen LogP contribution in [0.3, 0.4) is 0 Å². The largest absolute Gasteiger partial charge is 0.378 e. The van der Waals surface area contributed by atoms with Gasteiger partial charge in [0, 0.05) is 26.2 Å². The van der Waals surface area contributed by atoms with Gasteiger partial charge in [-0.1, -0.05) is 5.16 Å². The van der Waals surface area contributed by atoms with E-state index in [1.165, 1.54) is 6.26 Å². The molecule has 2 aromatic heterocycles. The molecule has 3 rings (SSSR count). The van der Waals surface area contributed by atoms with Gasteiger partial charge in [0.15, 0.2) is 0 Å². The SMILES string of the molecule is CNc1nc(NCc2ccon2)nc(N2CCOCC2)n1. The zero-order chi connectivity index (χ0) is 14.5. The predicted molar refractivity (Wildman–Crippen MR) is 76.2 cm³/mol. The molecule has 1 fully saturated rings. The minimum atomic E-state index is 0.492. The van der Waals surface area contributed by atoms with Crippen molar-refractivity contribution in [3.05, 3.63) is 18.0 Å². The van der Waals surface area contributed by atoms with Crippen LogP contribution in [0.15, 0.2) is 16.9 Å². The first kappa shape index (κ1) is 13.6. The van der Waals surface area contributed by atoms with Crippen molar-refractivity contribution >= 4 is 17.8 Å². The average molecular weight is 291 g/mol. The summed E-state index contributed by atoms with van der Waals surface area (Å²) >= 11 is 0. The fourth-order valence-electron chi connectivity index (χ4n) is 1.96. The van der Waals surface area contributed by atoms with E-state index in [1.807, 2.05) is 0 Å². The summed E-state index contributed by atoms with van der Waals surface area (Å²) in [6.07, 6.45) is 1.53. The average Bonchev–Trinajstić information content (AvgIpc) is 3.07. The lowest BCUT2D eigenvalue weighted by Gasteiger charge is -2.27. The molecule has 1 aliphatic heterocycles. The molecule has 2 aromatic rings. The second kappa shape index (κ2) is 6.35. The van der Waals surface area contributed by atoms with E-state index in [0.717, 1.165) is 18.8 Å². The van der Waals surface area contributed by atoms with E-state index in [4.69, 9.17) is 9.26 Å². The highest BCUT2D eigenvalue weighted by Crippen LogP contribution is 2.15. The number of nitrogens with zero attached hydrogens (tertiary/aromatic N) is 5. The Morgan fingerprint density at radius 3 is 2.71 bits per heavy atom. The molecule has 0 atom stereocenters.